The van der Waals surface area contributed by atoms with Crippen molar-refractivity contribution in [3.63, 3.8) is 0 Å². The molecule has 0 bridgehead atoms. The molecule has 0 spiro atoms. The molecule has 2 amide bonds. The maximum Gasteiger partial charge on any atom is 0.409 e. The summed E-state index contributed by atoms with van der Waals surface area (Å²) >= 11 is 0. The van der Waals surface area contributed by atoms with Crippen LogP contribution in [-0.4, -0.2) is 54.5 Å². The van der Waals surface area contributed by atoms with Crippen molar-refractivity contribution in [2.75, 3.05) is 22.7 Å². The lowest BCUT2D eigenvalue weighted by Gasteiger charge is -2.35. The highest BCUT2D eigenvalue weighted by molar-refractivity contribution is 7.93. The summed E-state index contributed by atoms with van der Waals surface area (Å²) in [4.78, 5) is 21.9. The van der Waals surface area contributed by atoms with Gasteiger partial charge in [-0.3, -0.25) is 14.4 Å². The van der Waals surface area contributed by atoms with Gasteiger partial charge in [-0.15, -0.1) is 0 Å². The minimum atomic E-state index is -4.42. The summed E-state index contributed by atoms with van der Waals surface area (Å²) in [6.45, 7) is 0.512. The highest BCUT2D eigenvalue weighted by Gasteiger charge is 2.38. The second-order valence-corrected chi connectivity index (χ2v) is 8.85. The topological polar surface area (TPSA) is 143 Å². The minimum Gasteiger partial charge on any atom is -0.484 e. The number of nitrogens with zero attached hydrogens (tertiary/aromatic N) is 3. The molecule has 0 saturated carbocycles. The molecular weight excluding hydrogens is 452 g/mol. The van der Waals surface area contributed by atoms with Crippen molar-refractivity contribution in [1.82, 2.24) is 15.1 Å². The summed E-state index contributed by atoms with van der Waals surface area (Å²) in [7, 11) is -4.42. The molecule has 1 atom stereocenters. The molecule has 0 saturated heterocycles. The number of hydrogen-bond acceptors (Lipinski definition) is 6. The monoisotopic (exact) mass is 473 g/mol. The third-order valence-electron chi connectivity index (χ3n) is 4.71. The van der Waals surface area contributed by atoms with Crippen LogP contribution in [0.3, 0.4) is 0 Å². The molecule has 3 rings (SSSR count). The fraction of sp³-hybridized carbons (Fsp3) is 0.389. The molecule has 1 aliphatic heterocycles. The normalized spacial score (nSPS) is 15.8. The van der Waals surface area contributed by atoms with Crippen LogP contribution in [0.1, 0.15) is 24.9 Å². The minimum absolute atomic E-state index is 0.00974. The summed E-state index contributed by atoms with van der Waals surface area (Å²) in [5.74, 6) is -0.234. The average molecular weight is 473 g/mol. The van der Waals surface area contributed by atoms with E-state index in [1.807, 2.05) is 0 Å². The number of benzene rings is 1. The molecule has 11 nitrogen and oxygen atoms in total. The SMILES string of the molecule is CC(=O)NCC1CN(S(=O)(=O)c2c(C)nn(C(F)F)c2C)c2cc(NC(=O)O)ccc2O1. The van der Waals surface area contributed by atoms with Crippen LogP contribution in [0, 0.1) is 13.8 Å². The van der Waals surface area contributed by atoms with Crippen LogP contribution in [0.15, 0.2) is 23.1 Å². The van der Waals surface area contributed by atoms with Gasteiger partial charge in [0, 0.05) is 12.6 Å². The number of alkyl halides is 2. The van der Waals surface area contributed by atoms with Gasteiger partial charge in [0.2, 0.25) is 5.91 Å². The molecule has 0 radical (unpaired) electrons. The highest BCUT2D eigenvalue weighted by atomic mass is 32.2. The third kappa shape index (κ3) is 4.44. The van der Waals surface area contributed by atoms with Crippen molar-refractivity contribution in [1.29, 1.82) is 0 Å². The Morgan fingerprint density at radius 2 is 2.03 bits per heavy atom. The molecular formula is C18H21F2N5O6S. The molecule has 3 N–H and O–H groups in total. The summed E-state index contributed by atoms with van der Waals surface area (Å²) in [5, 5.41) is 17.3. The van der Waals surface area contributed by atoms with Crippen LogP contribution < -0.4 is 19.7 Å². The van der Waals surface area contributed by atoms with Crippen molar-refractivity contribution >= 4 is 33.4 Å². The Morgan fingerprint density at radius 3 is 2.59 bits per heavy atom. The number of amides is 2. The van der Waals surface area contributed by atoms with Crippen molar-refractivity contribution in [2.45, 2.75) is 38.3 Å². The number of carboxylic acid groups (broad SMARTS) is 1. The molecule has 2 heterocycles. The Balaban J connectivity index is 2.12. The predicted molar refractivity (Wildman–Crippen MR) is 109 cm³/mol. The number of rotatable bonds is 6. The Morgan fingerprint density at radius 1 is 1.34 bits per heavy atom. The zero-order valence-electron chi connectivity index (χ0n) is 17.3. The van der Waals surface area contributed by atoms with Crippen molar-refractivity contribution in [2.24, 2.45) is 0 Å². The molecule has 32 heavy (non-hydrogen) atoms. The van der Waals surface area contributed by atoms with Crippen molar-refractivity contribution in [3.8, 4) is 5.75 Å². The third-order valence-corrected chi connectivity index (χ3v) is 6.75. The molecule has 14 heteroatoms. The summed E-state index contributed by atoms with van der Waals surface area (Å²) in [6, 6.07) is 4.02. The number of aromatic nitrogens is 2. The van der Waals surface area contributed by atoms with E-state index in [9.17, 15) is 26.8 Å². The first-order valence-corrected chi connectivity index (χ1v) is 10.8. The molecule has 1 aromatic carbocycles. The lowest BCUT2D eigenvalue weighted by atomic mass is 10.2. The van der Waals surface area contributed by atoms with Gasteiger partial charge in [-0.1, -0.05) is 0 Å². The maximum absolute atomic E-state index is 13.6. The maximum atomic E-state index is 13.6. The van der Waals surface area contributed by atoms with Gasteiger partial charge < -0.3 is 15.2 Å². The first kappa shape index (κ1) is 23.2. The molecule has 0 aliphatic carbocycles. The number of anilines is 2. The average Bonchev–Trinajstić information content (AvgIpc) is 3.00. The predicted octanol–water partition coefficient (Wildman–Crippen LogP) is 2.08. The molecule has 2 aromatic rings. The lowest BCUT2D eigenvalue weighted by Crippen LogP contribution is -2.48. The summed E-state index contributed by atoms with van der Waals surface area (Å²) in [6.07, 6.45) is -2.14. The van der Waals surface area contributed by atoms with E-state index in [1.165, 1.54) is 39.0 Å². The number of nitrogens with one attached hydrogen (secondary N) is 2. The Hall–Kier alpha value is -3.42. The van der Waals surface area contributed by atoms with E-state index < -0.39 is 28.8 Å². The largest absolute Gasteiger partial charge is 0.484 e. The number of fused-ring (bicyclic) bond motifs is 1. The number of sulfonamides is 1. The van der Waals surface area contributed by atoms with Crippen LogP contribution in [0.25, 0.3) is 0 Å². The van der Waals surface area contributed by atoms with Crippen molar-refractivity contribution in [3.05, 3.63) is 29.6 Å². The van der Waals surface area contributed by atoms with E-state index in [-0.39, 0.29) is 52.4 Å². The van der Waals surface area contributed by atoms with Gasteiger partial charge in [0.25, 0.3) is 10.0 Å². The number of aryl methyl sites for hydroxylation is 1. The number of hydrogen-bond donors (Lipinski definition) is 3. The second kappa shape index (κ2) is 8.61. The zero-order chi connectivity index (χ0) is 23.8. The lowest BCUT2D eigenvalue weighted by molar-refractivity contribution is -0.119. The van der Waals surface area contributed by atoms with E-state index in [0.29, 0.717) is 4.68 Å². The van der Waals surface area contributed by atoms with Gasteiger partial charge in [0.05, 0.1) is 30.2 Å². The molecule has 1 aromatic heterocycles. The van der Waals surface area contributed by atoms with Gasteiger partial charge in [-0.05, 0) is 32.0 Å². The van der Waals surface area contributed by atoms with Crippen LogP contribution >= 0.6 is 0 Å². The Bertz CT molecular complexity index is 1170. The number of carbonyl (C=O) groups excluding carboxylic acids is 1. The van der Waals surface area contributed by atoms with Gasteiger partial charge >= 0.3 is 12.6 Å². The smallest absolute Gasteiger partial charge is 0.409 e. The fourth-order valence-electron chi connectivity index (χ4n) is 3.43. The molecule has 174 valence electrons. The van der Waals surface area contributed by atoms with E-state index in [4.69, 9.17) is 9.84 Å². The van der Waals surface area contributed by atoms with Crippen LogP contribution in [-0.2, 0) is 14.8 Å². The fourth-order valence-corrected chi connectivity index (χ4v) is 5.29. The van der Waals surface area contributed by atoms with E-state index in [0.717, 1.165) is 4.31 Å². The van der Waals surface area contributed by atoms with E-state index in [2.05, 4.69) is 15.7 Å². The van der Waals surface area contributed by atoms with Gasteiger partial charge in [0.15, 0.2) is 0 Å². The first-order chi connectivity index (χ1) is 14.9. The molecule has 1 unspecified atom stereocenters. The van der Waals surface area contributed by atoms with Crippen LogP contribution in [0.4, 0.5) is 25.0 Å². The Labute approximate surface area is 182 Å². The second-order valence-electron chi connectivity index (χ2n) is 7.05. The van der Waals surface area contributed by atoms with Crippen molar-refractivity contribution < 1.29 is 36.6 Å². The number of ether oxygens (including phenoxy) is 1. The number of carbonyl (C=O) groups is 2. The standard InChI is InChI=1S/C18H21F2N5O6S/c1-9-16(10(2)25(23-9)17(19)20)32(29,30)24-8-13(7-21-11(3)26)31-15-5-4-12(6-14(15)24)22-18(27)28/h4-6,13,17,22H,7-8H2,1-3H3,(H,21,26)(H,27,28). The highest BCUT2D eigenvalue weighted by Crippen LogP contribution is 2.40. The first-order valence-electron chi connectivity index (χ1n) is 9.33. The quantitative estimate of drug-likeness (QED) is 0.583. The Kier molecular flexibility index (Phi) is 6.25. The molecule has 1 aliphatic rings. The van der Waals surface area contributed by atoms with Gasteiger partial charge in [-0.25, -0.2) is 17.9 Å². The van der Waals surface area contributed by atoms with Crippen LogP contribution in [0.5, 0.6) is 5.75 Å². The molecule has 0 fully saturated rings. The van der Waals surface area contributed by atoms with E-state index in [1.54, 1.807) is 0 Å². The van der Waals surface area contributed by atoms with E-state index >= 15 is 0 Å². The summed E-state index contributed by atoms with van der Waals surface area (Å²) in [5.41, 5.74) is -0.270. The van der Waals surface area contributed by atoms with Gasteiger partial charge in [0.1, 0.15) is 16.7 Å². The summed E-state index contributed by atoms with van der Waals surface area (Å²) < 4.78 is 60.8. The number of halogens is 2. The zero-order valence-corrected chi connectivity index (χ0v) is 18.1. The van der Waals surface area contributed by atoms with Crippen LogP contribution in [0.2, 0.25) is 0 Å². The van der Waals surface area contributed by atoms with Gasteiger partial charge in [-0.2, -0.15) is 13.9 Å².